The van der Waals surface area contributed by atoms with Crippen molar-refractivity contribution in [2.75, 3.05) is 11.9 Å². The summed E-state index contributed by atoms with van der Waals surface area (Å²) in [6, 6.07) is 6.86. The molecule has 2 heterocycles. The zero-order chi connectivity index (χ0) is 18.7. The van der Waals surface area contributed by atoms with Gasteiger partial charge in [-0.05, 0) is 30.2 Å². The van der Waals surface area contributed by atoms with Crippen LogP contribution in [0.1, 0.15) is 29.1 Å². The molecule has 3 rings (SSSR count). The maximum absolute atomic E-state index is 14.3. The van der Waals surface area contributed by atoms with Crippen LogP contribution in [0.25, 0.3) is 0 Å². The number of aromatic nitrogens is 2. The Kier molecular flexibility index (Phi) is 5.24. The van der Waals surface area contributed by atoms with Gasteiger partial charge in [0.25, 0.3) is 5.91 Å². The number of rotatable bonds is 5. The number of benzene rings is 1. The molecule has 136 valence electrons. The highest BCUT2D eigenvalue weighted by molar-refractivity contribution is 6.03. The third-order valence-electron chi connectivity index (χ3n) is 4.02. The second-order valence-corrected chi connectivity index (χ2v) is 5.76. The number of aryl methyl sites for hydroxylation is 1. The van der Waals surface area contributed by atoms with Crippen LogP contribution in [0.3, 0.4) is 0 Å². The standard InChI is InChI=1S/C18H18FN3O4/c1-2-11-3-5-12(6-4-11)17(24)20-16-14(19)9-22(18(25)21-16)15-8-7-13(10-23)26-15/h3-9,13,15,23H,2,10H2,1H3,(H,20,21,24,25). The van der Waals surface area contributed by atoms with Gasteiger partial charge in [-0.3, -0.25) is 9.36 Å². The molecule has 0 fully saturated rings. The first-order chi connectivity index (χ1) is 12.5. The Hall–Kier alpha value is -2.84. The van der Waals surface area contributed by atoms with E-state index in [-0.39, 0.29) is 6.61 Å². The van der Waals surface area contributed by atoms with Crippen molar-refractivity contribution in [1.29, 1.82) is 0 Å². The summed E-state index contributed by atoms with van der Waals surface area (Å²) in [6.07, 6.45) is 3.44. The smallest absolute Gasteiger partial charge is 0.352 e. The molecule has 1 aliphatic rings. The predicted molar refractivity (Wildman–Crippen MR) is 92.4 cm³/mol. The SMILES string of the molecule is CCc1ccc(C(=O)Nc2nc(=O)n(C3C=CC(CO)O3)cc2F)cc1. The number of nitrogens with zero attached hydrogens (tertiary/aromatic N) is 2. The van der Waals surface area contributed by atoms with Gasteiger partial charge >= 0.3 is 5.69 Å². The average Bonchev–Trinajstić information content (AvgIpc) is 3.13. The number of amides is 1. The molecule has 0 bridgehead atoms. The number of hydrogen-bond donors (Lipinski definition) is 2. The molecule has 1 aromatic carbocycles. The summed E-state index contributed by atoms with van der Waals surface area (Å²) in [7, 11) is 0. The van der Waals surface area contributed by atoms with E-state index >= 15 is 0 Å². The topological polar surface area (TPSA) is 93.5 Å². The number of aliphatic hydroxyl groups is 1. The number of nitrogens with one attached hydrogen (secondary N) is 1. The Balaban J connectivity index is 1.78. The molecule has 26 heavy (non-hydrogen) atoms. The summed E-state index contributed by atoms with van der Waals surface area (Å²) < 4.78 is 20.6. The van der Waals surface area contributed by atoms with E-state index in [0.29, 0.717) is 5.56 Å². The minimum atomic E-state index is -0.868. The zero-order valence-corrected chi connectivity index (χ0v) is 14.1. The molecule has 0 aliphatic carbocycles. The van der Waals surface area contributed by atoms with Gasteiger partial charge in [0.05, 0.1) is 12.8 Å². The maximum Gasteiger partial charge on any atom is 0.352 e. The van der Waals surface area contributed by atoms with Gasteiger partial charge in [0.1, 0.15) is 6.10 Å². The number of ether oxygens (including phenoxy) is 1. The molecule has 2 aromatic rings. The van der Waals surface area contributed by atoms with E-state index in [1.165, 1.54) is 6.08 Å². The molecule has 0 saturated heterocycles. The monoisotopic (exact) mass is 359 g/mol. The van der Waals surface area contributed by atoms with Crippen LogP contribution >= 0.6 is 0 Å². The van der Waals surface area contributed by atoms with Crippen LogP contribution in [-0.2, 0) is 11.2 Å². The molecule has 2 unspecified atom stereocenters. The lowest BCUT2D eigenvalue weighted by atomic mass is 10.1. The van der Waals surface area contributed by atoms with Gasteiger partial charge in [0.2, 0.25) is 0 Å². The fourth-order valence-corrected chi connectivity index (χ4v) is 2.54. The van der Waals surface area contributed by atoms with Crippen LogP contribution in [0.4, 0.5) is 10.2 Å². The molecular formula is C18H18FN3O4. The molecule has 2 atom stereocenters. The summed E-state index contributed by atoms with van der Waals surface area (Å²) in [5, 5.41) is 11.3. The fourth-order valence-electron chi connectivity index (χ4n) is 2.54. The lowest BCUT2D eigenvalue weighted by Gasteiger charge is -2.15. The Labute approximate surface area is 148 Å². The van der Waals surface area contributed by atoms with Crippen LogP contribution in [0, 0.1) is 5.82 Å². The predicted octanol–water partition coefficient (Wildman–Crippen LogP) is 1.64. The first-order valence-corrected chi connectivity index (χ1v) is 8.15. The van der Waals surface area contributed by atoms with Crippen molar-refractivity contribution >= 4 is 11.7 Å². The first-order valence-electron chi connectivity index (χ1n) is 8.15. The lowest BCUT2D eigenvalue weighted by Crippen LogP contribution is -2.30. The number of hydrogen-bond acceptors (Lipinski definition) is 5. The molecule has 1 aliphatic heterocycles. The zero-order valence-electron chi connectivity index (χ0n) is 14.1. The van der Waals surface area contributed by atoms with Crippen molar-refractivity contribution in [1.82, 2.24) is 9.55 Å². The second kappa shape index (κ2) is 7.59. The molecule has 0 saturated carbocycles. The van der Waals surface area contributed by atoms with Crippen LogP contribution < -0.4 is 11.0 Å². The van der Waals surface area contributed by atoms with Crippen LogP contribution in [-0.4, -0.2) is 33.3 Å². The van der Waals surface area contributed by atoms with Crippen molar-refractivity contribution in [3.8, 4) is 0 Å². The molecule has 8 heteroatoms. The summed E-state index contributed by atoms with van der Waals surface area (Å²) in [4.78, 5) is 27.9. The van der Waals surface area contributed by atoms with Crippen LogP contribution in [0.15, 0.2) is 47.4 Å². The minimum Gasteiger partial charge on any atom is -0.393 e. The number of carbonyl (C=O) groups excluding carboxylic acids is 1. The molecule has 1 amide bonds. The molecule has 2 N–H and O–H groups in total. The van der Waals surface area contributed by atoms with Crippen molar-refractivity contribution in [2.24, 2.45) is 0 Å². The maximum atomic E-state index is 14.3. The Morgan fingerprint density at radius 3 is 2.69 bits per heavy atom. The van der Waals surface area contributed by atoms with E-state index in [4.69, 9.17) is 9.84 Å². The second-order valence-electron chi connectivity index (χ2n) is 5.76. The molecule has 7 nitrogen and oxygen atoms in total. The van der Waals surface area contributed by atoms with E-state index in [9.17, 15) is 14.0 Å². The van der Waals surface area contributed by atoms with E-state index in [1.807, 2.05) is 6.92 Å². The lowest BCUT2D eigenvalue weighted by molar-refractivity contribution is -0.0106. The quantitative estimate of drug-likeness (QED) is 0.792. The highest BCUT2D eigenvalue weighted by Crippen LogP contribution is 2.20. The molecular weight excluding hydrogens is 341 g/mol. The number of anilines is 1. The number of halogens is 1. The van der Waals surface area contributed by atoms with E-state index in [2.05, 4.69) is 10.3 Å². The van der Waals surface area contributed by atoms with Crippen LogP contribution in [0.2, 0.25) is 0 Å². The van der Waals surface area contributed by atoms with Gasteiger partial charge in [-0.25, -0.2) is 9.18 Å². The Morgan fingerprint density at radius 1 is 1.35 bits per heavy atom. The Morgan fingerprint density at radius 2 is 2.08 bits per heavy atom. The van der Waals surface area contributed by atoms with Gasteiger partial charge < -0.3 is 15.2 Å². The first kappa shape index (κ1) is 18.0. The summed E-state index contributed by atoms with van der Waals surface area (Å²) in [6.45, 7) is 1.75. The average molecular weight is 359 g/mol. The van der Waals surface area contributed by atoms with Gasteiger partial charge in [0.15, 0.2) is 17.9 Å². The van der Waals surface area contributed by atoms with Gasteiger partial charge in [-0.1, -0.05) is 25.1 Å². The highest BCUT2D eigenvalue weighted by atomic mass is 19.1. The Bertz CT molecular complexity index is 892. The van der Waals surface area contributed by atoms with Crippen molar-refractivity contribution in [2.45, 2.75) is 25.7 Å². The van der Waals surface area contributed by atoms with E-state index in [0.717, 1.165) is 22.7 Å². The van der Waals surface area contributed by atoms with Crippen molar-refractivity contribution < 1.29 is 19.0 Å². The number of carbonyl (C=O) groups is 1. The summed E-state index contributed by atoms with van der Waals surface area (Å²) in [5.74, 6) is -1.88. The molecule has 0 spiro atoms. The van der Waals surface area contributed by atoms with E-state index in [1.54, 1.807) is 30.3 Å². The number of aliphatic hydroxyl groups excluding tert-OH is 1. The van der Waals surface area contributed by atoms with E-state index < -0.39 is 35.6 Å². The van der Waals surface area contributed by atoms with Crippen molar-refractivity contribution in [3.63, 3.8) is 0 Å². The third kappa shape index (κ3) is 3.71. The van der Waals surface area contributed by atoms with Gasteiger partial charge in [-0.2, -0.15) is 4.98 Å². The van der Waals surface area contributed by atoms with Crippen molar-refractivity contribution in [3.05, 3.63) is 70.0 Å². The molecule has 1 aromatic heterocycles. The summed E-state index contributed by atoms with van der Waals surface area (Å²) >= 11 is 0. The normalized spacial score (nSPS) is 18.9. The van der Waals surface area contributed by atoms with Crippen LogP contribution in [0.5, 0.6) is 0 Å². The highest BCUT2D eigenvalue weighted by Gasteiger charge is 2.23. The third-order valence-corrected chi connectivity index (χ3v) is 4.02. The molecule has 0 radical (unpaired) electrons. The van der Waals surface area contributed by atoms with Gasteiger partial charge in [-0.15, -0.1) is 0 Å². The summed E-state index contributed by atoms with van der Waals surface area (Å²) in [5.41, 5.74) is 0.621. The largest absolute Gasteiger partial charge is 0.393 e. The van der Waals surface area contributed by atoms with Gasteiger partial charge in [0, 0.05) is 5.56 Å². The fraction of sp³-hybridized carbons (Fsp3) is 0.278. The minimum absolute atomic E-state index is 0.247.